The quantitative estimate of drug-likeness (QED) is 0.642. The van der Waals surface area contributed by atoms with Gasteiger partial charge >= 0.3 is 0 Å². The fourth-order valence-corrected chi connectivity index (χ4v) is 5.29. The Bertz CT molecular complexity index is 1140. The van der Waals surface area contributed by atoms with Crippen LogP contribution in [0.1, 0.15) is 24.2 Å². The molecule has 8 nitrogen and oxygen atoms in total. The number of aromatic nitrogens is 4. The number of hydrogen-bond donors (Lipinski definition) is 2. The van der Waals surface area contributed by atoms with Gasteiger partial charge in [0.25, 0.3) is 0 Å². The molecule has 0 unspecified atom stereocenters. The Balaban J connectivity index is 1.49. The second kappa shape index (κ2) is 7.70. The second-order valence-corrected chi connectivity index (χ2v) is 9.07. The van der Waals surface area contributed by atoms with E-state index in [1.165, 1.54) is 0 Å². The number of ether oxygens (including phenoxy) is 1. The average Bonchev–Trinajstić information content (AvgIpc) is 3.32. The van der Waals surface area contributed by atoms with Gasteiger partial charge < -0.3 is 20.5 Å². The largest absolute Gasteiger partial charge is 0.390 e. The van der Waals surface area contributed by atoms with Gasteiger partial charge in [0, 0.05) is 42.5 Å². The van der Waals surface area contributed by atoms with Crippen LogP contribution in [0.4, 0.5) is 5.82 Å². The Morgan fingerprint density at radius 3 is 2.74 bits per heavy atom. The van der Waals surface area contributed by atoms with Gasteiger partial charge in [-0.1, -0.05) is 23.7 Å². The third-order valence-electron chi connectivity index (χ3n) is 6.90. The summed E-state index contributed by atoms with van der Waals surface area (Å²) >= 11 is 6.74. The van der Waals surface area contributed by atoms with Crippen molar-refractivity contribution < 1.29 is 9.84 Å². The minimum Gasteiger partial charge on any atom is -0.390 e. The summed E-state index contributed by atoms with van der Waals surface area (Å²) in [7, 11) is 1.86. The standard InChI is InChI=1S/C22H27ClN6O2/c1-13-19(15-4-3-14-9-25-28(2)20(14)18(15)23)27-16(10-30)21(26-13)29-7-5-22(6-8-29)12-31-11-17(22)24/h3-4,9,17,30H,5-8,10-12,24H2,1-2H3/t17-/m1/s1. The summed E-state index contributed by atoms with van der Waals surface area (Å²) in [5.41, 5.74) is 10.0. The Labute approximate surface area is 186 Å². The Hall–Kier alpha value is -2.26. The molecule has 164 valence electrons. The molecule has 0 radical (unpaired) electrons. The predicted molar refractivity (Wildman–Crippen MR) is 120 cm³/mol. The zero-order valence-electron chi connectivity index (χ0n) is 17.8. The van der Waals surface area contributed by atoms with Gasteiger partial charge in [0.15, 0.2) is 5.82 Å². The lowest BCUT2D eigenvalue weighted by Gasteiger charge is -2.41. The number of rotatable bonds is 3. The van der Waals surface area contributed by atoms with E-state index in [1.807, 2.05) is 26.1 Å². The minimum atomic E-state index is -0.189. The number of aliphatic hydroxyl groups excluding tert-OH is 1. The number of benzene rings is 1. The number of nitrogens with two attached hydrogens (primary N) is 1. The highest BCUT2D eigenvalue weighted by atomic mass is 35.5. The van der Waals surface area contributed by atoms with Crippen LogP contribution in [0.3, 0.4) is 0 Å². The normalized spacial score (nSPS) is 20.8. The lowest BCUT2D eigenvalue weighted by Crippen LogP contribution is -2.49. The summed E-state index contributed by atoms with van der Waals surface area (Å²) < 4.78 is 7.39. The van der Waals surface area contributed by atoms with Crippen molar-refractivity contribution in [1.82, 2.24) is 19.7 Å². The zero-order valence-corrected chi connectivity index (χ0v) is 18.6. The number of nitrogens with zero attached hydrogens (tertiary/aromatic N) is 5. The van der Waals surface area contributed by atoms with E-state index in [1.54, 1.807) is 10.9 Å². The molecular weight excluding hydrogens is 416 g/mol. The third-order valence-corrected chi connectivity index (χ3v) is 7.28. The van der Waals surface area contributed by atoms with E-state index in [4.69, 9.17) is 32.0 Å². The predicted octanol–water partition coefficient (Wildman–Crippen LogP) is 2.43. The second-order valence-electron chi connectivity index (χ2n) is 8.69. The molecule has 0 saturated carbocycles. The van der Waals surface area contributed by atoms with Crippen molar-refractivity contribution in [2.45, 2.75) is 32.4 Å². The summed E-state index contributed by atoms with van der Waals surface area (Å²) in [6, 6.07) is 4.01. The molecule has 5 rings (SSSR count). The number of hydrogen-bond acceptors (Lipinski definition) is 7. The first-order valence-electron chi connectivity index (χ1n) is 10.6. The molecule has 1 atom stereocenters. The molecule has 2 aromatic heterocycles. The molecule has 2 fully saturated rings. The van der Waals surface area contributed by atoms with E-state index in [0.717, 1.165) is 60.5 Å². The molecule has 2 aliphatic rings. The van der Waals surface area contributed by atoms with Crippen LogP contribution in [0, 0.1) is 12.3 Å². The number of anilines is 1. The first-order valence-corrected chi connectivity index (χ1v) is 11.0. The molecule has 1 spiro atoms. The van der Waals surface area contributed by atoms with Crippen LogP contribution in [0.2, 0.25) is 5.02 Å². The fourth-order valence-electron chi connectivity index (χ4n) is 4.91. The smallest absolute Gasteiger partial charge is 0.153 e. The number of piperidine rings is 1. The van der Waals surface area contributed by atoms with Crippen LogP contribution in [0.15, 0.2) is 18.3 Å². The number of aliphatic hydroxyl groups is 1. The van der Waals surface area contributed by atoms with Gasteiger partial charge in [0.1, 0.15) is 5.69 Å². The molecule has 31 heavy (non-hydrogen) atoms. The monoisotopic (exact) mass is 442 g/mol. The summed E-state index contributed by atoms with van der Waals surface area (Å²) in [6.07, 6.45) is 3.69. The van der Waals surface area contributed by atoms with Crippen molar-refractivity contribution in [3.05, 3.63) is 34.7 Å². The maximum absolute atomic E-state index is 10.1. The molecule has 2 aliphatic heterocycles. The van der Waals surface area contributed by atoms with E-state index in [-0.39, 0.29) is 18.1 Å². The van der Waals surface area contributed by atoms with Crippen LogP contribution >= 0.6 is 11.6 Å². The lowest BCUT2D eigenvalue weighted by atomic mass is 9.75. The van der Waals surface area contributed by atoms with Gasteiger partial charge in [-0.25, -0.2) is 9.97 Å². The van der Waals surface area contributed by atoms with E-state index in [2.05, 4.69) is 10.00 Å². The van der Waals surface area contributed by atoms with Gasteiger partial charge in [-0.3, -0.25) is 4.68 Å². The Morgan fingerprint density at radius 2 is 2.06 bits per heavy atom. The van der Waals surface area contributed by atoms with Crippen LogP contribution in [0.5, 0.6) is 0 Å². The van der Waals surface area contributed by atoms with Crippen molar-refractivity contribution in [2.24, 2.45) is 18.2 Å². The molecule has 1 aromatic carbocycles. The maximum atomic E-state index is 10.1. The van der Waals surface area contributed by atoms with Crippen LogP contribution < -0.4 is 10.6 Å². The molecule has 4 heterocycles. The summed E-state index contributed by atoms with van der Waals surface area (Å²) in [6.45, 7) is 4.75. The Kier molecular flexibility index (Phi) is 5.13. The molecule has 3 aromatic rings. The lowest BCUT2D eigenvalue weighted by molar-refractivity contribution is 0.131. The van der Waals surface area contributed by atoms with E-state index in [0.29, 0.717) is 23.0 Å². The summed E-state index contributed by atoms with van der Waals surface area (Å²) in [5, 5.41) is 15.9. The third kappa shape index (κ3) is 3.29. The highest BCUT2D eigenvalue weighted by Gasteiger charge is 2.44. The van der Waals surface area contributed by atoms with Gasteiger partial charge in [-0.15, -0.1) is 0 Å². The van der Waals surface area contributed by atoms with Crippen LogP contribution in [-0.4, -0.2) is 57.2 Å². The maximum Gasteiger partial charge on any atom is 0.153 e. The van der Waals surface area contributed by atoms with Crippen molar-refractivity contribution in [3.63, 3.8) is 0 Å². The fraction of sp³-hybridized carbons (Fsp3) is 0.500. The molecule has 9 heteroatoms. The molecular formula is C22H27ClN6O2. The number of halogens is 1. The summed E-state index contributed by atoms with van der Waals surface area (Å²) in [5.74, 6) is 0.740. The van der Waals surface area contributed by atoms with Gasteiger partial charge in [0.05, 0.1) is 47.9 Å². The molecule has 2 saturated heterocycles. The highest BCUT2D eigenvalue weighted by molar-refractivity contribution is 6.37. The van der Waals surface area contributed by atoms with E-state index < -0.39 is 0 Å². The van der Waals surface area contributed by atoms with E-state index in [9.17, 15) is 5.11 Å². The molecule has 0 amide bonds. The summed E-state index contributed by atoms with van der Waals surface area (Å²) in [4.78, 5) is 11.9. The van der Waals surface area contributed by atoms with Crippen molar-refractivity contribution in [2.75, 3.05) is 31.2 Å². The van der Waals surface area contributed by atoms with E-state index >= 15 is 0 Å². The molecule has 0 aliphatic carbocycles. The van der Waals surface area contributed by atoms with Gasteiger partial charge in [-0.2, -0.15) is 5.10 Å². The zero-order chi connectivity index (χ0) is 21.8. The Morgan fingerprint density at radius 1 is 1.29 bits per heavy atom. The molecule has 0 bridgehead atoms. The molecule has 3 N–H and O–H groups in total. The average molecular weight is 443 g/mol. The van der Waals surface area contributed by atoms with Crippen molar-refractivity contribution >= 4 is 28.3 Å². The van der Waals surface area contributed by atoms with Gasteiger partial charge in [-0.05, 0) is 19.8 Å². The minimum absolute atomic E-state index is 0.0599. The van der Waals surface area contributed by atoms with Crippen molar-refractivity contribution in [1.29, 1.82) is 0 Å². The van der Waals surface area contributed by atoms with Crippen LogP contribution in [0.25, 0.3) is 22.2 Å². The van der Waals surface area contributed by atoms with Crippen LogP contribution in [-0.2, 0) is 18.4 Å². The number of aryl methyl sites for hydroxylation is 2. The van der Waals surface area contributed by atoms with Crippen molar-refractivity contribution in [3.8, 4) is 11.3 Å². The SMILES string of the molecule is Cc1nc(N2CCC3(CC2)COC[C@H]3N)c(CO)nc1-c1ccc2cnn(C)c2c1Cl. The first kappa shape index (κ1) is 20.6. The highest BCUT2D eigenvalue weighted by Crippen LogP contribution is 2.40. The topological polar surface area (TPSA) is 102 Å². The first-order chi connectivity index (χ1) is 14.9. The van der Waals surface area contributed by atoms with Gasteiger partial charge in [0.2, 0.25) is 0 Å². The number of fused-ring (bicyclic) bond motifs is 1.